The van der Waals surface area contributed by atoms with Gasteiger partial charge in [-0.1, -0.05) is 48.5 Å². The molecule has 0 radical (unpaired) electrons. The van der Waals surface area contributed by atoms with Gasteiger partial charge < -0.3 is 4.74 Å². The lowest BCUT2D eigenvalue weighted by atomic mass is 9.84. The summed E-state index contributed by atoms with van der Waals surface area (Å²) in [7, 11) is 1.78. The van der Waals surface area contributed by atoms with Gasteiger partial charge in [0.05, 0.1) is 0 Å². The van der Waals surface area contributed by atoms with Crippen LogP contribution in [0, 0.1) is 0 Å². The molecule has 1 heteroatoms. The second-order valence-corrected chi connectivity index (χ2v) is 4.19. The Morgan fingerprint density at radius 3 is 1.88 bits per heavy atom. The first-order chi connectivity index (χ1) is 7.90. The van der Waals surface area contributed by atoms with E-state index >= 15 is 0 Å². The van der Waals surface area contributed by atoms with E-state index in [9.17, 15) is 0 Å². The first-order valence-corrected chi connectivity index (χ1v) is 5.58. The summed E-state index contributed by atoms with van der Waals surface area (Å²) in [6.45, 7) is 0. The number of hydrogen-bond donors (Lipinski definition) is 0. The van der Waals surface area contributed by atoms with Gasteiger partial charge in [0.25, 0.3) is 0 Å². The summed E-state index contributed by atoms with van der Waals surface area (Å²) in [5.74, 6) is 0. The zero-order valence-electron chi connectivity index (χ0n) is 9.31. The molecule has 1 nitrogen and oxygen atoms in total. The number of fused-ring (bicyclic) bond motifs is 2. The molecule has 0 saturated heterocycles. The highest BCUT2D eigenvalue weighted by Gasteiger charge is 2.24. The van der Waals surface area contributed by atoms with Crippen LogP contribution in [0.3, 0.4) is 0 Å². The van der Waals surface area contributed by atoms with E-state index < -0.39 is 0 Å². The normalized spacial score (nSPS) is 14.3. The quantitative estimate of drug-likeness (QED) is 0.701. The molecular weight excluding hydrogens is 196 g/mol. The average molecular weight is 210 g/mol. The SMILES string of the molecule is COC1c2ccccc2Cc2ccccc21. The monoisotopic (exact) mass is 210 g/mol. The fourth-order valence-electron chi connectivity index (χ4n) is 2.53. The van der Waals surface area contributed by atoms with Crippen molar-refractivity contribution in [1.29, 1.82) is 0 Å². The van der Waals surface area contributed by atoms with E-state index in [1.165, 1.54) is 22.3 Å². The van der Waals surface area contributed by atoms with E-state index in [1.807, 2.05) is 0 Å². The summed E-state index contributed by atoms with van der Waals surface area (Å²) < 4.78 is 5.64. The lowest BCUT2D eigenvalue weighted by Crippen LogP contribution is -2.14. The van der Waals surface area contributed by atoms with Crippen LogP contribution in [-0.4, -0.2) is 7.11 Å². The van der Waals surface area contributed by atoms with E-state index in [0.717, 1.165) is 6.42 Å². The van der Waals surface area contributed by atoms with Crippen LogP contribution < -0.4 is 0 Å². The van der Waals surface area contributed by atoms with Crippen molar-refractivity contribution in [3.63, 3.8) is 0 Å². The molecular formula is C15H14O. The molecule has 0 fully saturated rings. The summed E-state index contributed by atoms with van der Waals surface area (Å²) in [5, 5.41) is 0. The van der Waals surface area contributed by atoms with Gasteiger partial charge in [0.15, 0.2) is 0 Å². The highest BCUT2D eigenvalue weighted by atomic mass is 16.5. The van der Waals surface area contributed by atoms with Crippen LogP contribution in [0.1, 0.15) is 28.4 Å². The smallest absolute Gasteiger partial charge is 0.108 e. The molecule has 0 saturated carbocycles. The predicted octanol–water partition coefficient (Wildman–Crippen LogP) is 3.33. The maximum Gasteiger partial charge on any atom is 0.108 e. The molecule has 0 aromatic heterocycles. The van der Waals surface area contributed by atoms with Gasteiger partial charge >= 0.3 is 0 Å². The van der Waals surface area contributed by atoms with Crippen molar-refractivity contribution >= 4 is 0 Å². The Morgan fingerprint density at radius 2 is 1.38 bits per heavy atom. The van der Waals surface area contributed by atoms with Crippen LogP contribution in [0.25, 0.3) is 0 Å². The Balaban J connectivity index is 2.19. The molecule has 0 amide bonds. The highest BCUT2D eigenvalue weighted by molar-refractivity contribution is 5.47. The summed E-state index contributed by atoms with van der Waals surface area (Å²) >= 11 is 0. The Hall–Kier alpha value is -1.60. The Kier molecular flexibility index (Phi) is 2.26. The van der Waals surface area contributed by atoms with Crippen molar-refractivity contribution < 1.29 is 4.74 Å². The zero-order chi connectivity index (χ0) is 11.0. The number of hydrogen-bond acceptors (Lipinski definition) is 1. The van der Waals surface area contributed by atoms with Crippen molar-refractivity contribution in [2.75, 3.05) is 7.11 Å². The van der Waals surface area contributed by atoms with Crippen LogP contribution in [-0.2, 0) is 11.2 Å². The first-order valence-electron chi connectivity index (χ1n) is 5.58. The molecule has 0 N–H and O–H groups in total. The molecule has 0 unspecified atom stereocenters. The number of ether oxygens (including phenoxy) is 1. The average Bonchev–Trinajstić information content (AvgIpc) is 2.36. The lowest BCUT2D eigenvalue weighted by molar-refractivity contribution is 0.133. The van der Waals surface area contributed by atoms with Crippen LogP contribution >= 0.6 is 0 Å². The number of benzene rings is 2. The topological polar surface area (TPSA) is 9.23 Å². The van der Waals surface area contributed by atoms with Crippen LogP contribution in [0.15, 0.2) is 48.5 Å². The van der Waals surface area contributed by atoms with Gasteiger partial charge in [-0.3, -0.25) is 0 Å². The standard InChI is InChI=1S/C15H14O/c1-16-15-13-8-4-2-6-11(13)10-12-7-3-5-9-14(12)15/h2-9,15H,10H2,1H3. The first kappa shape index (κ1) is 9.61. The number of methoxy groups -OCH3 is 1. The molecule has 2 aromatic carbocycles. The maximum atomic E-state index is 5.64. The van der Waals surface area contributed by atoms with Crippen LogP contribution in [0.4, 0.5) is 0 Å². The molecule has 80 valence electrons. The highest BCUT2D eigenvalue weighted by Crippen LogP contribution is 2.36. The third-order valence-electron chi connectivity index (χ3n) is 3.29. The predicted molar refractivity (Wildman–Crippen MR) is 64.5 cm³/mol. The lowest BCUT2D eigenvalue weighted by Gasteiger charge is -2.27. The van der Waals surface area contributed by atoms with Gasteiger partial charge in [-0.05, 0) is 28.7 Å². The van der Waals surface area contributed by atoms with Gasteiger partial charge in [0, 0.05) is 7.11 Å². The minimum absolute atomic E-state index is 0.0983. The third-order valence-corrected chi connectivity index (χ3v) is 3.29. The molecule has 0 bridgehead atoms. The van der Waals surface area contributed by atoms with Crippen LogP contribution in [0.2, 0.25) is 0 Å². The second-order valence-electron chi connectivity index (χ2n) is 4.19. The molecule has 2 aromatic rings. The maximum absolute atomic E-state index is 5.64. The zero-order valence-corrected chi connectivity index (χ0v) is 9.31. The van der Waals surface area contributed by atoms with Gasteiger partial charge in [-0.15, -0.1) is 0 Å². The molecule has 16 heavy (non-hydrogen) atoms. The van der Waals surface area contributed by atoms with Crippen molar-refractivity contribution in [3.05, 3.63) is 70.8 Å². The van der Waals surface area contributed by atoms with Crippen molar-refractivity contribution in [3.8, 4) is 0 Å². The Morgan fingerprint density at radius 1 is 0.875 bits per heavy atom. The summed E-state index contributed by atoms with van der Waals surface area (Å²) in [6.07, 6.45) is 1.12. The van der Waals surface area contributed by atoms with Crippen molar-refractivity contribution in [2.24, 2.45) is 0 Å². The molecule has 0 aliphatic heterocycles. The van der Waals surface area contributed by atoms with Gasteiger partial charge in [-0.2, -0.15) is 0 Å². The molecule has 0 atom stereocenters. The molecule has 0 spiro atoms. The van der Waals surface area contributed by atoms with E-state index in [4.69, 9.17) is 4.74 Å². The van der Waals surface area contributed by atoms with E-state index in [0.29, 0.717) is 0 Å². The number of rotatable bonds is 1. The van der Waals surface area contributed by atoms with Gasteiger partial charge in [0.1, 0.15) is 6.10 Å². The fraction of sp³-hybridized carbons (Fsp3) is 0.200. The fourth-order valence-corrected chi connectivity index (χ4v) is 2.53. The largest absolute Gasteiger partial charge is 0.372 e. The minimum atomic E-state index is 0.0983. The van der Waals surface area contributed by atoms with E-state index in [1.54, 1.807) is 7.11 Å². The van der Waals surface area contributed by atoms with E-state index in [-0.39, 0.29) is 6.10 Å². The third kappa shape index (κ3) is 1.36. The van der Waals surface area contributed by atoms with Gasteiger partial charge in [0.2, 0.25) is 0 Å². The Labute approximate surface area is 95.7 Å². The summed E-state index contributed by atoms with van der Waals surface area (Å²) in [4.78, 5) is 0. The van der Waals surface area contributed by atoms with Crippen LogP contribution in [0.5, 0.6) is 0 Å². The Bertz CT molecular complexity index is 471. The van der Waals surface area contributed by atoms with Gasteiger partial charge in [-0.25, -0.2) is 0 Å². The summed E-state index contributed by atoms with van der Waals surface area (Å²) in [5.41, 5.74) is 5.38. The summed E-state index contributed by atoms with van der Waals surface area (Å²) in [6, 6.07) is 17.1. The second kappa shape index (κ2) is 3.76. The van der Waals surface area contributed by atoms with Crippen molar-refractivity contribution in [1.82, 2.24) is 0 Å². The minimum Gasteiger partial charge on any atom is -0.372 e. The molecule has 1 aliphatic carbocycles. The van der Waals surface area contributed by atoms with E-state index in [2.05, 4.69) is 48.5 Å². The molecule has 1 aliphatic rings. The molecule has 0 heterocycles. The van der Waals surface area contributed by atoms with Crippen molar-refractivity contribution in [2.45, 2.75) is 12.5 Å². The molecule has 3 rings (SSSR count).